The second-order valence-electron chi connectivity index (χ2n) is 7.19. The zero-order chi connectivity index (χ0) is 24.3. The van der Waals surface area contributed by atoms with Crippen LogP contribution in [-0.4, -0.2) is 61.6 Å². The first kappa shape index (κ1) is 23.7. The highest BCUT2D eigenvalue weighted by atomic mass is 35.5. The summed E-state index contributed by atoms with van der Waals surface area (Å²) in [5.41, 5.74) is -0.577. The quantitative estimate of drug-likeness (QED) is 0.463. The zero-order valence-electron chi connectivity index (χ0n) is 18.1. The third-order valence-electron chi connectivity index (χ3n) is 4.83. The van der Waals surface area contributed by atoms with Crippen LogP contribution in [0.3, 0.4) is 0 Å². The lowest BCUT2D eigenvalue weighted by Crippen LogP contribution is -2.38. The molecule has 2 heterocycles. The third kappa shape index (κ3) is 5.12. The number of para-hydroxylation sites is 1. The van der Waals surface area contributed by atoms with Gasteiger partial charge in [0, 0.05) is 21.1 Å². The number of carbonyl (C=O) groups excluding carboxylic acids is 3. The van der Waals surface area contributed by atoms with E-state index in [0.717, 1.165) is 9.47 Å². The molecule has 0 unspecified atom stereocenters. The first-order chi connectivity index (χ1) is 15.6. The Labute approximate surface area is 191 Å². The van der Waals surface area contributed by atoms with Gasteiger partial charge in [0.2, 0.25) is 5.91 Å². The molecule has 0 spiro atoms. The lowest BCUT2D eigenvalue weighted by Gasteiger charge is -2.17. The number of ether oxygens (including phenoxy) is 1. The molecule has 0 saturated heterocycles. The van der Waals surface area contributed by atoms with Crippen LogP contribution in [-0.2, 0) is 39.8 Å². The number of esters is 1. The lowest BCUT2D eigenvalue weighted by atomic mass is 10.3. The van der Waals surface area contributed by atoms with E-state index in [2.05, 4.69) is 10.3 Å². The van der Waals surface area contributed by atoms with Crippen LogP contribution in [0.2, 0.25) is 5.02 Å². The van der Waals surface area contributed by atoms with Gasteiger partial charge in [-0.3, -0.25) is 28.3 Å². The van der Waals surface area contributed by atoms with Gasteiger partial charge in [0.1, 0.15) is 6.54 Å². The van der Waals surface area contributed by atoms with Crippen molar-refractivity contribution in [1.29, 1.82) is 0 Å². The van der Waals surface area contributed by atoms with E-state index in [1.165, 1.54) is 36.6 Å². The Bertz CT molecular complexity index is 1360. The average Bonchev–Trinajstić information content (AvgIpc) is 3.19. The van der Waals surface area contributed by atoms with Gasteiger partial charge in [-0.15, -0.1) is 0 Å². The van der Waals surface area contributed by atoms with Gasteiger partial charge in [0.05, 0.1) is 23.6 Å². The molecule has 0 saturated carbocycles. The molecular formula is C20H21ClN6O6. The van der Waals surface area contributed by atoms with Crippen molar-refractivity contribution in [2.75, 3.05) is 25.5 Å². The van der Waals surface area contributed by atoms with Gasteiger partial charge in [-0.25, -0.2) is 9.78 Å². The van der Waals surface area contributed by atoms with E-state index in [4.69, 9.17) is 16.3 Å². The monoisotopic (exact) mass is 476 g/mol. The van der Waals surface area contributed by atoms with Gasteiger partial charge in [-0.2, -0.15) is 0 Å². The number of nitrogens with zero attached hydrogens (tertiary/aromatic N) is 5. The first-order valence-electron chi connectivity index (χ1n) is 9.65. The van der Waals surface area contributed by atoms with E-state index in [0.29, 0.717) is 10.7 Å². The topological polar surface area (TPSA) is 138 Å². The molecular weight excluding hydrogens is 456 g/mol. The van der Waals surface area contributed by atoms with Crippen LogP contribution < -0.4 is 16.6 Å². The molecule has 2 aromatic heterocycles. The Morgan fingerprint density at radius 3 is 2.55 bits per heavy atom. The summed E-state index contributed by atoms with van der Waals surface area (Å²) >= 11 is 5.98. The number of benzene rings is 1. The number of rotatable bonds is 7. The van der Waals surface area contributed by atoms with Crippen LogP contribution >= 0.6 is 11.6 Å². The molecule has 0 aliphatic carbocycles. The van der Waals surface area contributed by atoms with E-state index in [-0.39, 0.29) is 17.7 Å². The number of aryl methyl sites for hydroxylation is 1. The lowest BCUT2D eigenvalue weighted by molar-refractivity contribution is -0.152. The smallest absolute Gasteiger partial charge is 0.332 e. The number of hydrogen-bond donors (Lipinski definition) is 1. The van der Waals surface area contributed by atoms with Crippen molar-refractivity contribution in [2.24, 2.45) is 14.1 Å². The molecule has 0 atom stereocenters. The summed E-state index contributed by atoms with van der Waals surface area (Å²) in [4.78, 5) is 66.1. The number of amides is 2. The molecule has 3 rings (SSSR count). The van der Waals surface area contributed by atoms with E-state index in [1.54, 1.807) is 24.3 Å². The first-order valence-corrected chi connectivity index (χ1v) is 10.0. The predicted molar refractivity (Wildman–Crippen MR) is 119 cm³/mol. The third-order valence-corrected chi connectivity index (χ3v) is 5.16. The second-order valence-corrected chi connectivity index (χ2v) is 7.60. The van der Waals surface area contributed by atoms with E-state index < -0.39 is 42.2 Å². The maximum atomic E-state index is 12.4. The number of likely N-dealkylation sites (N-methyl/N-ethyl adjacent to an activating group) is 1. The van der Waals surface area contributed by atoms with Crippen molar-refractivity contribution in [1.82, 2.24) is 23.6 Å². The van der Waals surface area contributed by atoms with Gasteiger partial charge in [0.25, 0.3) is 11.5 Å². The van der Waals surface area contributed by atoms with Gasteiger partial charge in [-0.05, 0) is 12.1 Å². The minimum atomic E-state index is -0.799. The van der Waals surface area contributed by atoms with Crippen LogP contribution in [0.1, 0.15) is 0 Å². The summed E-state index contributed by atoms with van der Waals surface area (Å²) in [6.07, 6.45) is 1.24. The largest absolute Gasteiger partial charge is 0.454 e. The fourth-order valence-corrected chi connectivity index (χ4v) is 3.19. The minimum Gasteiger partial charge on any atom is -0.454 e. The fraction of sp³-hybridized carbons (Fsp3) is 0.300. The van der Waals surface area contributed by atoms with Crippen LogP contribution in [0.25, 0.3) is 11.2 Å². The maximum Gasteiger partial charge on any atom is 0.332 e. The summed E-state index contributed by atoms with van der Waals surface area (Å²) in [6, 6.07) is 6.65. The Morgan fingerprint density at radius 2 is 1.85 bits per heavy atom. The van der Waals surface area contributed by atoms with Crippen LogP contribution in [0.15, 0.2) is 40.2 Å². The molecule has 1 N–H and O–H groups in total. The Balaban J connectivity index is 1.57. The minimum absolute atomic E-state index is 0.0521. The molecule has 0 aliphatic heterocycles. The Morgan fingerprint density at radius 1 is 1.15 bits per heavy atom. The highest BCUT2D eigenvalue weighted by molar-refractivity contribution is 6.33. The number of hydrogen-bond acceptors (Lipinski definition) is 7. The molecule has 0 bridgehead atoms. The van der Waals surface area contributed by atoms with Crippen molar-refractivity contribution < 1.29 is 19.1 Å². The average molecular weight is 477 g/mol. The fourth-order valence-electron chi connectivity index (χ4n) is 3.01. The molecule has 0 aliphatic rings. The van der Waals surface area contributed by atoms with Crippen molar-refractivity contribution >= 4 is 46.2 Å². The number of anilines is 1. The second kappa shape index (κ2) is 9.69. The molecule has 13 heteroatoms. The molecule has 174 valence electrons. The van der Waals surface area contributed by atoms with Crippen molar-refractivity contribution in [2.45, 2.75) is 6.54 Å². The number of aromatic nitrogens is 4. The molecule has 0 radical (unpaired) electrons. The van der Waals surface area contributed by atoms with Crippen molar-refractivity contribution in [3.05, 3.63) is 56.5 Å². The van der Waals surface area contributed by atoms with E-state index in [1.807, 2.05) is 0 Å². The Kier molecular flexibility index (Phi) is 6.97. The highest BCUT2D eigenvalue weighted by Gasteiger charge is 2.19. The number of nitrogens with one attached hydrogen (secondary N) is 1. The molecule has 2 amide bonds. The summed E-state index contributed by atoms with van der Waals surface area (Å²) in [5.74, 6) is -1.88. The number of carbonyl (C=O) groups is 3. The van der Waals surface area contributed by atoms with E-state index in [9.17, 15) is 24.0 Å². The van der Waals surface area contributed by atoms with Crippen LogP contribution in [0.4, 0.5) is 5.69 Å². The summed E-state index contributed by atoms with van der Waals surface area (Å²) in [5, 5.41) is 2.94. The SMILES string of the molecule is CN(CC(=O)Nc1ccccc1Cl)C(=O)COC(=O)Cn1cnc2c1c(=O)n(C)c(=O)n2C. The normalized spacial score (nSPS) is 10.8. The Hall–Kier alpha value is -3.93. The number of fused-ring (bicyclic) bond motifs is 1. The summed E-state index contributed by atoms with van der Waals surface area (Å²) < 4.78 is 8.31. The summed E-state index contributed by atoms with van der Waals surface area (Å²) in [6.45, 7) is -1.27. The molecule has 3 aromatic rings. The van der Waals surface area contributed by atoms with Gasteiger partial charge >= 0.3 is 11.7 Å². The molecule has 33 heavy (non-hydrogen) atoms. The van der Waals surface area contributed by atoms with Crippen molar-refractivity contribution in [3.8, 4) is 0 Å². The zero-order valence-corrected chi connectivity index (χ0v) is 18.8. The predicted octanol–water partition coefficient (Wildman–Crippen LogP) is -0.273. The van der Waals surface area contributed by atoms with Crippen LogP contribution in [0, 0.1) is 0 Å². The molecule has 1 aromatic carbocycles. The van der Waals surface area contributed by atoms with Crippen molar-refractivity contribution in [3.63, 3.8) is 0 Å². The number of halogens is 1. The highest BCUT2D eigenvalue weighted by Crippen LogP contribution is 2.20. The van der Waals surface area contributed by atoms with E-state index >= 15 is 0 Å². The maximum absolute atomic E-state index is 12.4. The van der Waals surface area contributed by atoms with Gasteiger partial charge < -0.3 is 19.5 Å². The van der Waals surface area contributed by atoms with Crippen LogP contribution in [0.5, 0.6) is 0 Å². The summed E-state index contributed by atoms with van der Waals surface area (Å²) in [7, 11) is 4.16. The number of imidazole rings is 1. The van der Waals surface area contributed by atoms with Gasteiger partial charge in [0.15, 0.2) is 17.8 Å². The van der Waals surface area contributed by atoms with Gasteiger partial charge in [-0.1, -0.05) is 23.7 Å². The molecule has 12 nitrogen and oxygen atoms in total. The molecule has 0 fully saturated rings. The standard InChI is InChI=1S/C20H21ClN6O6/c1-24(8-14(28)23-13-7-5-4-6-12(13)21)15(29)10-33-16(30)9-27-11-22-18-17(27)19(31)26(3)20(32)25(18)2/h4-7,11H,8-10H2,1-3H3,(H,23,28).